The van der Waals surface area contributed by atoms with Crippen LogP contribution in [0.2, 0.25) is 0 Å². The molecule has 1 unspecified atom stereocenters. The van der Waals surface area contributed by atoms with E-state index >= 15 is 0 Å². The van der Waals surface area contributed by atoms with Crippen LogP contribution in [-0.2, 0) is 27.3 Å². The number of benzene rings is 2. The van der Waals surface area contributed by atoms with Gasteiger partial charge in [-0.25, -0.2) is 0 Å². The number of hydrogen-bond donors (Lipinski definition) is 1. The van der Waals surface area contributed by atoms with Crippen molar-refractivity contribution in [2.75, 3.05) is 20.3 Å². The first-order valence-electron chi connectivity index (χ1n) is 9.29. The largest absolute Gasteiger partial charge is 0.383 e. The number of ether oxygens (including phenoxy) is 1. The molecule has 0 radical (unpaired) electrons. The molecule has 0 saturated heterocycles. The zero-order chi connectivity index (χ0) is 19.5. The number of nitrogens with zero attached hydrogens (tertiary/aromatic N) is 1. The molecule has 0 saturated carbocycles. The molecule has 5 heteroatoms. The van der Waals surface area contributed by atoms with Crippen LogP contribution in [0.15, 0.2) is 60.7 Å². The highest BCUT2D eigenvalue weighted by Crippen LogP contribution is 2.15. The average molecular weight is 368 g/mol. The second kappa shape index (κ2) is 11.1. The van der Waals surface area contributed by atoms with E-state index < -0.39 is 6.04 Å². The molecule has 2 aromatic carbocycles. The molecule has 0 aliphatic carbocycles. The molecule has 0 aliphatic heterocycles. The molecule has 0 aliphatic rings. The Morgan fingerprint density at radius 1 is 1.00 bits per heavy atom. The van der Waals surface area contributed by atoms with Crippen molar-refractivity contribution in [3.8, 4) is 0 Å². The first kappa shape index (κ1) is 20.6. The second-order valence-electron chi connectivity index (χ2n) is 6.35. The second-order valence-corrected chi connectivity index (χ2v) is 6.35. The molecular weight excluding hydrogens is 340 g/mol. The van der Waals surface area contributed by atoms with Crippen LogP contribution in [-0.4, -0.2) is 43.0 Å². The summed E-state index contributed by atoms with van der Waals surface area (Å²) in [5.41, 5.74) is 2.02. The van der Waals surface area contributed by atoms with Gasteiger partial charge >= 0.3 is 0 Å². The van der Waals surface area contributed by atoms with E-state index in [4.69, 9.17) is 4.74 Å². The van der Waals surface area contributed by atoms with Gasteiger partial charge in [0, 0.05) is 33.0 Å². The summed E-state index contributed by atoms with van der Waals surface area (Å²) in [7, 11) is 1.59. The number of rotatable bonds is 10. The zero-order valence-electron chi connectivity index (χ0n) is 16.1. The first-order chi connectivity index (χ1) is 13.2. The molecule has 0 heterocycles. The first-order valence-corrected chi connectivity index (χ1v) is 9.29. The molecular formula is C22H28N2O3. The molecule has 0 spiro atoms. The van der Waals surface area contributed by atoms with E-state index in [-0.39, 0.29) is 11.8 Å². The third kappa shape index (κ3) is 6.53. The standard InChI is InChI=1S/C22H28N2O3/c1-3-21(25)24(17-19-12-8-5-9-13-19)20(22(26)23-14-15-27-2)16-18-10-6-4-7-11-18/h4-13,20H,3,14-17H2,1-2H3,(H,23,26). The van der Waals surface area contributed by atoms with Gasteiger partial charge in [0.25, 0.3) is 0 Å². The SMILES string of the molecule is CCC(=O)N(Cc1ccccc1)C(Cc1ccccc1)C(=O)NCCOC. The molecule has 0 aromatic heterocycles. The quantitative estimate of drug-likeness (QED) is 0.656. The fourth-order valence-electron chi connectivity index (χ4n) is 2.93. The van der Waals surface area contributed by atoms with Gasteiger partial charge in [-0.15, -0.1) is 0 Å². The van der Waals surface area contributed by atoms with Crippen LogP contribution in [0.25, 0.3) is 0 Å². The molecule has 0 fully saturated rings. The summed E-state index contributed by atoms with van der Waals surface area (Å²) < 4.78 is 5.02. The fraction of sp³-hybridized carbons (Fsp3) is 0.364. The van der Waals surface area contributed by atoms with E-state index in [9.17, 15) is 9.59 Å². The van der Waals surface area contributed by atoms with E-state index in [1.807, 2.05) is 67.6 Å². The van der Waals surface area contributed by atoms with Crippen molar-refractivity contribution in [2.24, 2.45) is 0 Å². The predicted molar refractivity (Wildman–Crippen MR) is 106 cm³/mol. The van der Waals surface area contributed by atoms with Gasteiger partial charge in [0.1, 0.15) is 6.04 Å². The number of methoxy groups -OCH3 is 1. The van der Waals surface area contributed by atoms with E-state index in [1.54, 1.807) is 12.0 Å². The van der Waals surface area contributed by atoms with Gasteiger partial charge in [0.05, 0.1) is 6.61 Å². The van der Waals surface area contributed by atoms with Crippen LogP contribution in [0.3, 0.4) is 0 Å². The van der Waals surface area contributed by atoms with Crippen LogP contribution >= 0.6 is 0 Å². The molecule has 1 N–H and O–H groups in total. The third-order valence-corrected chi connectivity index (χ3v) is 4.37. The maximum atomic E-state index is 12.9. The lowest BCUT2D eigenvalue weighted by molar-refractivity contribution is -0.141. The minimum atomic E-state index is -0.572. The lowest BCUT2D eigenvalue weighted by Gasteiger charge is -2.31. The molecule has 144 valence electrons. The Morgan fingerprint density at radius 2 is 1.59 bits per heavy atom. The Balaban J connectivity index is 2.26. The van der Waals surface area contributed by atoms with Crippen molar-refractivity contribution in [2.45, 2.75) is 32.4 Å². The molecule has 2 amide bonds. The Labute approximate surface area is 161 Å². The summed E-state index contributed by atoms with van der Waals surface area (Å²) in [6, 6.07) is 19.0. The van der Waals surface area contributed by atoms with Gasteiger partial charge in [-0.2, -0.15) is 0 Å². The van der Waals surface area contributed by atoms with Crippen molar-refractivity contribution in [1.29, 1.82) is 0 Å². The Morgan fingerprint density at radius 3 is 2.15 bits per heavy atom. The van der Waals surface area contributed by atoms with Crippen molar-refractivity contribution >= 4 is 11.8 Å². The smallest absolute Gasteiger partial charge is 0.243 e. The van der Waals surface area contributed by atoms with Gasteiger partial charge in [0.15, 0.2) is 0 Å². The highest BCUT2D eigenvalue weighted by atomic mass is 16.5. The highest BCUT2D eigenvalue weighted by molar-refractivity contribution is 5.87. The average Bonchev–Trinajstić information content (AvgIpc) is 2.71. The van der Waals surface area contributed by atoms with Gasteiger partial charge < -0.3 is 15.0 Å². The predicted octanol–water partition coefficient (Wildman–Crippen LogP) is 2.80. The normalized spacial score (nSPS) is 11.6. The highest BCUT2D eigenvalue weighted by Gasteiger charge is 2.29. The maximum absolute atomic E-state index is 12.9. The zero-order valence-corrected chi connectivity index (χ0v) is 16.1. The van der Waals surface area contributed by atoms with Crippen molar-refractivity contribution in [3.05, 3.63) is 71.8 Å². The number of amides is 2. The summed E-state index contributed by atoms with van der Waals surface area (Å²) in [4.78, 5) is 27.3. The summed E-state index contributed by atoms with van der Waals surface area (Å²) in [5, 5.41) is 2.89. The summed E-state index contributed by atoms with van der Waals surface area (Å²) in [5.74, 6) is -0.199. The topological polar surface area (TPSA) is 58.6 Å². The fourth-order valence-corrected chi connectivity index (χ4v) is 2.93. The lowest BCUT2D eigenvalue weighted by atomic mass is 10.0. The van der Waals surface area contributed by atoms with E-state index in [1.165, 1.54) is 0 Å². The van der Waals surface area contributed by atoms with Crippen LogP contribution < -0.4 is 5.32 Å². The summed E-state index contributed by atoms with van der Waals surface area (Å²) in [6.45, 7) is 3.08. The molecule has 0 bridgehead atoms. The monoisotopic (exact) mass is 368 g/mol. The Bertz CT molecular complexity index is 704. The number of hydrogen-bond acceptors (Lipinski definition) is 3. The Kier molecular flexibility index (Phi) is 8.52. The van der Waals surface area contributed by atoms with Crippen LogP contribution in [0, 0.1) is 0 Å². The molecule has 27 heavy (non-hydrogen) atoms. The summed E-state index contributed by atoms with van der Waals surface area (Å²) >= 11 is 0. The number of nitrogens with one attached hydrogen (secondary N) is 1. The molecule has 5 nitrogen and oxygen atoms in total. The van der Waals surface area contributed by atoms with Crippen molar-refractivity contribution in [1.82, 2.24) is 10.2 Å². The minimum absolute atomic E-state index is 0.0401. The summed E-state index contributed by atoms with van der Waals surface area (Å²) in [6.07, 6.45) is 0.821. The molecule has 2 aromatic rings. The van der Waals surface area contributed by atoms with Crippen LogP contribution in [0.5, 0.6) is 0 Å². The molecule has 1 atom stereocenters. The van der Waals surface area contributed by atoms with E-state index in [0.717, 1.165) is 11.1 Å². The minimum Gasteiger partial charge on any atom is -0.383 e. The van der Waals surface area contributed by atoms with Crippen molar-refractivity contribution in [3.63, 3.8) is 0 Å². The lowest BCUT2D eigenvalue weighted by Crippen LogP contribution is -2.50. The van der Waals surface area contributed by atoms with Gasteiger partial charge in [-0.1, -0.05) is 67.6 Å². The van der Waals surface area contributed by atoms with Gasteiger partial charge in [-0.05, 0) is 11.1 Å². The van der Waals surface area contributed by atoms with E-state index in [0.29, 0.717) is 32.5 Å². The molecule has 2 rings (SSSR count). The van der Waals surface area contributed by atoms with Crippen LogP contribution in [0.4, 0.5) is 0 Å². The van der Waals surface area contributed by atoms with Crippen LogP contribution in [0.1, 0.15) is 24.5 Å². The number of carbonyl (C=O) groups is 2. The van der Waals surface area contributed by atoms with Gasteiger partial charge in [0.2, 0.25) is 11.8 Å². The third-order valence-electron chi connectivity index (χ3n) is 4.37. The van der Waals surface area contributed by atoms with Crippen molar-refractivity contribution < 1.29 is 14.3 Å². The maximum Gasteiger partial charge on any atom is 0.243 e. The number of carbonyl (C=O) groups excluding carboxylic acids is 2. The van der Waals surface area contributed by atoms with E-state index in [2.05, 4.69) is 5.32 Å². The van der Waals surface area contributed by atoms with Gasteiger partial charge in [-0.3, -0.25) is 9.59 Å². The Hall–Kier alpha value is -2.66.